The van der Waals surface area contributed by atoms with E-state index in [1.165, 1.54) is 31.2 Å². The molecule has 2 aromatic rings. The quantitative estimate of drug-likeness (QED) is 0.673. The second-order valence-electron chi connectivity index (χ2n) is 5.32. The summed E-state index contributed by atoms with van der Waals surface area (Å²) in [6.07, 6.45) is 0. The third-order valence-electron chi connectivity index (χ3n) is 3.30. The largest absolute Gasteiger partial charge is 0.376 e. The molecule has 6 nitrogen and oxygen atoms in total. The summed E-state index contributed by atoms with van der Waals surface area (Å²) in [6, 6.07) is 12.1. The van der Waals surface area contributed by atoms with Crippen LogP contribution in [0.1, 0.15) is 17.3 Å². The van der Waals surface area contributed by atoms with Crippen molar-refractivity contribution in [3.8, 4) is 0 Å². The average Bonchev–Trinajstić information content (AvgIpc) is 2.60. The van der Waals surface area contributed by atoms with Crippen molar-refractivity contribution in [1.29, 1.82) is 0 Å². The van der Waals surface area contributed by atoms with Crippen molar-refractivity contribution in [2.75, 3.05) is 23.7 Å². The lowest BCUT2D eigenvalue weighted by atomic mass is 10.1. The normalized spacial score (nSPS) is 10.0. The minimum atomic E-state index is -0.418. The number of hydrogen-bond donors (Lipinski definition) is 3. The van der Waals surface area contributed by atoms with E-state index in [0.29, 0.717) is 16.9 Å². The van der Waals surface area contributed by atoms with Gasteiger partial charge in [-0.1, -0.05) is 12.1 Å². The highest BCUT2D eigenvalue weighted by atomic mass is 19.1. The van der Waals surface area contributed by atoms with Crippen molar-refractivity contribution in [2.45, 2.75) is 6.92 Å². The summed E-state index contributed by atoms with van der Waals surface area (Å²) < 4.78 is 12.8. The summed E-state index contributed by atoms with van der Waals surface area (Å²) in [7, 11) is 0. The van der Waals surface area contributed by atoms with Gasteiger partial charge in [0.25, 0.3) is 0 Å². The van der Waals surface area contributed by atoms with E-state index in [0.717, 1.165) is 0 Å². The van der Waals surface area contributed by atoms with Crippen LogP contribution >= 0.6 is 0 Å². The molecule has 0 atom stereocenters. The predicted molar refractivity (Wildman–Crippen MR) is 93.0 cm³/mol. The molecular weight excluding hydrogens is 325 g/mol. The van der Waals surface area contributed by atoms with Crippen LogP contribution in [0.25, 0.3) is 0 Å². The van der Waals surface area contributed by atoms with Gasteiger partial charge in [0.15, 0.2) is 5.78 Å². The van der Waals surface area contributed by atoms with Crippen LogP contribution in [0.15, 0.2) is 48.5 Å². The van der Waals surface area contributed by atoms with E-state index < -0.39 is 11.7 Å². The Labute approximate surface area is 144 Å². The Bertz CT molecular complexity index is 775. The fourth-order valence-corrected chi connectivity index (χ4v) is 2.01. The number of nitrogens with one attached hydrogen (secondary N) is 3. The molecule has 7 heteroatoms. The van der Waals surface area contributed by atoms with Crippen molar-refractivity contribution < 1.29 is 18.8 Å². The Morgan fingerprint density at radius 1 is 0.920 bits per heavy atom. The lowest BCUT2D eigenvalue weighted by Crippen LogP contribution is -2.36. The number of Topliss-reactive ketones (excluding diaryl/α,β-unsaturated/α-hetero) is 1. The van der Waals surface area contributed by atoms with Crippen LogP contribution in [0.5, 0.6) is 0 Å². The Balaban J connectivity index is 1.75. The topological polar surface area (TPSA) is 87.3 Å². The summed E-state index contributed by atoms with van der Waals surface area (Å²) in [6.45, 7) is 1.22. The highest BCUT2D eigenvalue weighted by Crippen LogP contribution is 2.10. The van der Waals surface area contributed by atoms with Gasteiger partial charge in [0, 0.05) is 16.9 Å². The Kier molecular flexibility index (Phi) is 6.22. The molecule has 0 bridgehead atoms. The van der Waals surface area contributed by atoms with Crippen LogP contribution < -0.4 is 16.0 Å². The minimum Gasteiger partial charge on any atom is -0.376 e. The standard InChI is InChI=1S/C18H18FN3O3/c1-12(23)13-3-2-4-16(9-13)20-10-17(24)21-11-18(25)22-15-7-5-14(19)6-8-15/h2-9,20H,10-11H2,1H3,(H,21,24)(H,22,25). The number of carbonyl (C=O) groups is 3. The Hall–Kier alpha value is -3.22. The summed E-state index contributed by atoms with van der Waals surface area (Å²) in [5.74, 6) is -1.25. The molecule has 0 aliphatic carbocycles. The summed E-state index contributed by atoms with van der Waals surface area (Å²) >= 11 is 0. The van der Waals surface area contributed by atoms with Gasteiger partial charge >= 0.3 is 0 Å². The van der Waals surface area contributed by atoms with E-state index in [4.69, 9.17) is 0 Å². The van der Waals surface area contributed by atoms with Crippen LogP contribution in [0.3, 0.4) is 0 Å². The number of amides is 2. The first-order valence-electron chi connectivity index (χ1n) is 7.61. The second kappa shape index (κ2) is 8.58. The molecule has 3 N–H and O–H groups in total. The highest BCUT2D eigenvalue weighted by Gasteiger charge is 2.07. The van der Waals surface area contributed by atoms with Crippen LogP contribution in [0.4, 0.5) is 15.8 Å². The highest BCUT2D eigenvalue weighted by molar-refractivity contribution is 5.96. The number of ketones is 1. The molecule has 0 fully saturated rings. The molecule has 0 saturated heterocycles. The molecule has 0 heterocycles. The molecule has 130 valence electrons. The van der Waals surface area contributed by atoms with E-state index in [9.17, 15) is 18.8 Å². The summed E-state index contributed by atoms with van der Waals surface area (Å²) in [5.41, 5.74) is 1.63. The first-order valence-corrected chi connectivity index (χ1v) is 7.61. The fourth-order valence-electron chi connectivity index (χ4n) is 2.01. The van der Waals surface area contributed by atoms with Gasteiger partial charge in [-0.25, -0.2) is 4.39 Å². The van der Waals surface area contributed by atoms with Gasteiger partial charge in [-0.05, 0) is 43.3 Å². The number of hydrogen-bond acceptors (Lipinski definition) is 4. The van der Waals surface area contributed by atoms with Gasteiger partial charge < -0.3 is 16.0 Å². The van der Waals surface area contributed by atoms with E-state index >= 15 is 0 Å². The fraction of sp³-hybridized carbons (Fsp3) is 0.167. The van der Waals surface area contributed by atoms with Crippen molar-refractivity contribution in [2.24, 2.45) is 0 Å². The molecule has 0 aliphatic heterocycles. The number of anilines is 2. The molecule has 0 spiro atoms. The molecule has 25 heavy (non-hydrogen) atoms. The maximum atomic E-state index is 12.8. The number of benzene rings is 2. The molecule has 0 saturated carbocycles. The first kappa shape index (κ1) is 18.1. The zero-order valence-corrected chi connectivity index (χ0v) is 13.6. The smallest absolute Gasteiger partial charge is 0.243 e. The second-order valence-corrected chi connectivity index (χ2v) is 5.32. The van der Waals surface area contributed by atoms with Gasteiger partial charge in [-0.3, -0.25) is 14.4 Å². The molecule has 0 aliphatic rings. The van der Waals surface area contributed by atoms with E-state index in [1.54, 1.807) is 24.3 Å². The predicted octanol–water partition coefficient (Wildman–Crippen LogP) is 2.20. The van der Waals surface area contributed by atoms with Gasteiger partial charge in [0.1, 0.15) is 5.82 Å². The van der Waals surface area contributed by atoms with Crippen LogP contribution in [0, 0.1) is 5.82 Å². The lowest BCUT2D eigenvalue weighted by molar-refractivity contribution is -0.122. The zero-order chi connectivity index (χ0) is 18.2. The minimum absolute atomic E-state index is 0.0365. The van der Waals surface area contributed by atoms with E-state index in [1.807, 2.05) is 0 Å². The summed E-state index contributed by atoms with van der Waals surface area (Å²) in [5, 5.41) is 7.89. The van der Waals surface area contributed by atoms with Crippen molar-refractivity contribution in [3.63, 3.8) is 0 Å². The van der Waals surface area contributed by atoms with Crippen molar-refractivity contribution in [3.05, 3.63) is 59.9 Å². The Morgan fingerprint density at radius 2 is 1.64 bits per heavy atom. The molecule has 2 aromatic carbocycles. The maximum Gasteiger partial charge on any atom is 0.243 e. The van der Waals surface area contributed by atoms with E-state index in [2.05, 4.69) is 16.0 Å². The number of rotatable bonds is 7. The van der Waals surface area contributed by atoms with Gasteiger partial charge in [0.05, 0.1) is 13.1 Å². The van der Waals surface area contributed by atoms with Crippen LogP contribution in [0.2, 0.25) is 0 Å². The van der Waals surface area contributed by atoms with Gasteiger partial charge in [-0.15, -0.1) is 0 Å². The van der Waals surface area contributed by atoms with Crippen LogP contribution in [-0.2, 0) is 9.59 Å². The summed E-state index contributed by atoms with van der Waals surface area (Å²) in [4.78, 5) is 34.8. The first-order chi connectivity index (χ1) is 11.9. The van der Waals surface area contributed by atoms with Gasteiger partial charge in [0.2, 0.25) is 11.8 Å². The number of halogens is 1. The SMILES string of the molecule is CC(=O)c1cccc(NCC(=O)NCC(=O)Nc2ccc(F)cc2)c1. The maximum absolute atomic E-state index is 12.8. The monoisotopic (exact) mass is 343 g/mol. The van der Waals surface area contributed by atoms with Gasteiger partial charge in [-0.2, -0.15) is 0 Å². The molecule has 2 amide bonds. The lowest BCUT2D eigenvalue weighted by Gasteiger charge is -2.09. The Morgan fingerprint density at radius 3 is 2.32 bits per heavy atom. The van der Waals surface area contributed by atoms with E-state index in [-0.39, 0.29) is 24.8 Å². The third kappa shape index (κ3) is 6.06. The molecular formula is C18H18FN3O3. The average molecular weight is 343 g/mol. The third-order valence-corrected chi connectivity index (χ3v) is 3.30. The molecule has 0 aromatic heterocycles. The van der Waals surface area contributed by atoms with Crippen LogP contribution in [-0.4, -0.2) is 30.7 Å². The molecule has 2 rings (SSSR count). The number of carbonyl (C=O) groups excluding carboxylic acids is 3. The zero-order valence-electron chi connectivity index (χ0n) is 13.6. The molecule has 0 unspecified atom stereocenters. The van der Waals surface area contributed by atoms with Crippen molar-refractivity contribution in [1.82, 2.24) is 5.32 Å². The van der Waals surface area contributed by atoms with Crippen molar-refractivity contribution >= 4 is 29.0 Å². The molecule has 0 radical (unpaired) electrons.